The van der Waals surface area contributed by atoms with Crippen LogP contribution in [0.2, 0.25) is 0 Å². The molecule has 12 heavy (non-hydrogen) atoms. The normalized spacial score (nSPS) is 14.0. The average molecular weight is 193 g/mol. The summed E-state index contributed by atoms with van der Waals surface area (Å²) in [5, 5.41) is 17.4. The maximum absolute atomic E-state index is 10.7. The Morgan fingerprint density at radius 2 is 1.50 bits per heavy atom. The van der Waals surface area contributed by atoms with E-state index in [2.05, 4.69) is 9.05 Å². The molecule has 0 radical (unpaired) electrons. The fourth-order valence-electron chi connectivity index (χ4n) is 0.277. The zero-order chi connectivity index (χ0) is 9.56. The predicted molar refractivity (Wildman–Crippen MR) is 42.5 cm³/mol. The minimum Gasteiger partial charge on any atom is -0.478 e. The van der Waals surface area contributed by atoms with Crippen molar-refractivity contribution in [2.24, 2.45) is 0 Å². The second-order valence-electron chi connectivity index (χ2n) is 1.66. The Morgan fingerprint density at radius 1 is 1.17 bits per heavy atom. The highest BCUT2D eigenvalue weighted by Crippen LogP contribution is 2.29. The lowest BCUT2D eigenvalue weighted by Crippen LogP contribution is -1.85. The Morgan fingerprint density at radius 3 is 1.75 bits per heavy atom. The van der Waals surface area contributed by atoms with Crippen molar-refractivity contribution in [1.29, 1.82) is 0 Å². The van der Waals surface area contributed by atoms with Crippen molar-refractivity contribution in [3.63, 3.8) is 0 Å². The van der Waals surface area contributed by atoms with Crippen LogP contribution in [0.4, 0.5) is 0 Å². The van der Waals surface area contributed by atoms with Gasteiger partial charge in [0.1, 0.15) is 0 Å². The molecule has 0 amide bonds. The second kappa shape index (κ2) is 5.43. The molecule has 0 heterocycles. The van der Waals surface area contributed by atoms with Gasteiger partial charge in [0.15, 0.2) is 0 Å². The van der Waals surface area contributed by atoms with Crippen molar-refractivity contribution in [2.45, 2.75) is 13.8 Å². The number of aliphatic hydroxyl groups excluding tert-OH is 2. The lowest BCUT2D eigenvalue weighted by molar-refractivity contribution is 0.155. The van der Waals surface area contributed by atoms with Gasteiger partial charge < -0.3 is 10.2 Å². The summed E-state index contributed by atoms with van der Waals surface area (Å²) in [6, 6.07) is 0. The van der Waals surface area contributed by atoms with Gasteiger partial charge in [-0.15, -0.1) is 0 Å². The zero-order valence-corrected chi connectivity index (χ0v) is 7.62. The monoisotopic (exact) mass is 193 g/mol. The lowest BCUT2D eigenvalue weighted by Gasteiger charge is -1.88. The molecule has 68 valence electrons. The van der Waals surface area contributed by atoms with E-state index in [0.717, 1.165) is 0 Å². The quantitative estimate of drug-likeness (QED) is 0.529. The van der Waals surface area contributed by atoms with Crippen LogP contribution < -0.4 is 0 Å². The molecule has 2 N–H and O–H groups in total. The van der Waals surface area contributed by atoms with Crippen molar-refractivity contribution in [3.05, 3.63) is 24.0 Å². The molecule has 0 aliphatic heterocycles. The second-order valence-corrected chi connectivity index (χ2v) is 2.47. The van der Waals surface area contributed by atoms with Crippen molar-refractivity contribution in [2.75, 3.05) is 0 Å². The molecule has 0 aromatic rings. The van der Waals surface area contributed by atoms with E-state index in [-0.39, 0.29) is 0 Å². The number of allylic oxidation sites excluding steroid dienone is 2. The van der Waals surface area contributed by atoms with Crippen LogP contribution in [0.1, 0.15) is 13.8 Å². The molecule has 0 aromatic heterocycles. The highest BCUT2D eigenvalue weighted by Gasteiger charge is 2.26. The summed E-state index contributed by atoms with van der Waals surface area (Å²) in [5.41, 5.74) is 0. The molecule has 0 spiro atoms. The van der Waals surface area contributed by atoms with Crippen LogP contribution in [0, 0.1) is 0 Å². The molecule has 0 fully saturated rings. The highest BCUT2D eigenvalue weighted by molar-refractivity contribution is 7.33. The van der Waals surface area contributed by atoms with Crippen LogP contribution >= 0.6 is 8.25 Å². The van der Waals surface area contributed by atoms with Crippen molar-refractivity contribution >= 4 is 8.25 Å². The summed E-state index contributed by atoms with van der Waals surface area (Å²) >= 11 is 0. The molecular weight excluding hydrogens is 183 g/mol. The number of aliphatic hydroxyl groups is 2. The summed E-state index contributed by atoms with van der Waals surface area (Å²) in [5.74, 6) is -1.03. The molecule has 5 nitrogen and oxygen atoms in total. The maximum atomic E-state index is 10.7. The van der Waals surface area contributed by atoms with Gasteiger partial charge in [-0.1, -0.05) is 0 Å². The lowest BCUT2D eigenvalue weighted by atomic mass is 10.7. The predicted octanol–water partition coefficient (Wildman–Crippen LogP) is 2.52. The van der Waals surface area contributed by atoms with Crippen molar-refractivity contribution < 1.29 is 23.8 Å². The van der Waals surface area contributed by atoms with E-state index in [4.69, 9.17) is 10.2 Å². The van der Waals surface area contributed by atoms with Gasteiger partial charge in [0, 0.05) is 4.57 Å². The van der Waals surface area contributed by atoms with Crippen LogP contribution in [-0.2, 0) is 13.6 Å². The van der Waals surface area contributed by atoms with Crippen LogP contribution in [0.15, 0.2) is 24.0 Å². The average Bonchev–Trinajstić information content (AvgIpc) is 2.03. The van der Waals surface area contributed by atoms with E-state index in [1.54, 1.807) is 0 Å². The minimum absolute atomic E-state index is 0.514. The molecule has 6 heteroatoms. The van der Waals surface area contributed by atoms with Crippen LogP contribution in [0.25, 0.3) is 0 Å². The molecule has 0 saturated heterocycles. The number of hydrogen-bond acceptors (Lipinski definition) is 5. The van der Waals surface area contributed by atoms with E-state index in [0.29, 0.717) is 0 Å². The Bertz CT molecular complexity index is 198. The Hall–Kier alpha value is -1.22. The van der Waals surface area contributed by atoms with E-state index in [1.807, 2.05) is 0 Å². The first kappa shape index (κ1) is 10.8. The van der Waals surface area contributed by atoms with Gasteiger partial charge in [-0.25, -0.2) is 0 Å². The van der Waals surface area contributed by atoms with E-state index >= 15 is 0 Å². The summed E-state index contributed by atoms with van der Waals surface area (Å²) in [4.78, 5) is 0. The standard InChI is InChI=1S/C6H9O5P/c1-3-5(7)10-12(9)11-6(8)4-2/h3-4H,1-2H3,(H-,7,8)/p+1/b5-3-,6-4-. The molecule has 0 bridgehead atoms. The van der Waals surface area contributed by atoms with Crippen molar-refractivity contribution in [3.8, 4) is 0 Å². The first-order valence-corrected chi connectivity index (χ1v) is 4.23. The third-order valence-corrected chi connectivity index (χ3v) is 1.50. The SMILES string of the molecule is C/C=C(/O)O[P+](=O)O/C(O)=C\C. The van der Waals surface area contributed by atoms with Gasteiger partial charge in [-0.2, -0.15) is 9.05 Å². The fourth-order valence-corrected chi connectivity index (χ4v) is 0.830. The van der Waals surface area contributed by atoms with Crippen LogP contribution in [0.3, 0.4) is 0 Å². The van der Waals surface area contributed by atoms with Crippen LogP contribution in [-0.4, -0.2) is 10.2 Å². The highest BCUT2D eigenvalue weighted by atomic mass is 31.1. The fraction of sp³-hybridized carbons (Fsp3) is 0.333. The zero-order valence-electron chi connectivity index (χ0n) is 6.72. The van der Waals surface area contributed by atoms with Gasteiger partial charge in [-0.3, -0.25) is 0 Å². The minimum atomic E-state index is -2.56. The van der Waals surface area contributed by atoms with Crippen molar-refractivity contribution in [1.82, 2.24) is 0 Å². The number of rotatable bonds is 4. The molecular formula is C6H10O5P+. The largest absolute Gasteiger partial charge is 0.811 e. The third kappa shape index (κ3) is 4.57. The number of hydrogen-bond donors (Lipinski definition) is 2. The topological polar surface area (TPSA) is 76.0 Å². The van der Waals surface area contributed by atoms with E-state index in [1.165, 1.54) is 26.0 Å². The maximum Gasteiger partial charge on any atom is 0.811 e. The molecule has 0 aromatic carbocycles. The first-order valence-electron chi connectivity index (χ1n) is 3.14. The van der Waals surface area contributed by atoms with Gasteiger partial charge in [0.25, 0.3) is 0 Å². The molecule has 0 unspecified atom stereocenters. The first-order chi connectivity index (χ1) is 5.60. The summed E-state index contributed by atoms with van der Waals surface area (Å²) in [6.07, 6.45) is 2.40. The van der Waals surface area contributed by atoms with E-state index < -0.39 is 20.1 Å². The molecule has 0 atom stereocenters. The molecule has 0 saturated carbocycles. The van der Waals surface area contributed by atoms with Crippen LogP contribution in [0.5, 0.6) is 0 Å². The Balaban J connectivity index is 3.91. The summed E-state index contributed by atoms with van der Waals surface area (Å²) in [7, 11) is -2.56. The summed E-state index contributed by atoms with van der Waals surface area (Å²) < 4.78 is 19.2. The molecule has 0 aliphatic rings. The molecule has 0 rings (SSSR count). The van der Waals surface area contributed by atoms with Gasteiger partial charge in [-0.05, 0) is 26.0 Å². The third-order valence-electron chi connectivity index (χ3n) is 0.830. The van der Waals surface area contributed by atoms with E-state index in [9.17, 15) is 4.57 Å². The summed E-state index contributed by atoms with van der Waals surface area (Å²) in [6.45, 7) is 2.99. The van der Waals surface area contributed by atoms with Gasteiger partial charge in [0.05, 0.1) is 0 Å². The van der Waals surface area contributed by atoms with Gasteiger partial charge in [0.2, 0.25) is 0 Å². The Kier molecular flexibility index (Phi) is 4.88. The Labute approximate surface area is 70.9 Å². The molecule has 0 aliphatic carbocycles. The smallest absolute Gasteiger partial charge is 0.478 e. The van der Waals surface area contributed by atoms with Gasteiger partial charge >= 0.3 is 20.1 Å².